The first-order valence-electron chi connectivity index (χ1n) is 8.45. The Balaban J connectivity index is 1.85. The third-order valence-corrected chi connectivity index (χ3v) is 4.23. The highest BCUT2D eigenvalue weighted by Gasteiger charge is 2.29. The van der Waals surface area contributed by atoms with Crippen LogP contribution in [0.15, 0.2) is 52.9 Å². The quantitative estimate of drug-likeness (QED) is 0.685. The molecule has 2 aromatic carbocycles. The number of carbonyl (C=O) groups is 1. The third kappa shape index (κ3) is 4.15. The number of aromatic nitrogens is 2. The number of benzene rings is 2. The van der Waals surface area contributed by atoms with Crippen LogP contribution < -0.4 is 4.74 Å². The molecule has 0 amide bonds. The fraction of sp³-hybridized carbons (Fsp3) is 0.250. The fourth-order valence-electron chi connectivity index (χ4n) is 2.95. The van der Waals surface area contributed by atoms with Gasteiger partial charge in [0.1, 0.15) is 11.8 Å². The fourth-order valence-corrected chi connectivity index (χ4v) is 2.95. The number of carboxylic acid groups (broad SMARTS) is 1. The normalized spacial score (nSPS) is 12.1. The number of rotatable bonds is 7. The lowest BCUT2D eigenvalue weighted by Gasteiger charge is -2.25. The monoisotopic (exact) mass is 367 g/mol. The van der Waals surface area contributed by atoms with Gasteiger partial charge in [-0.15, -0.1) is 10.2 Å². The Bertz CT molecular complexity index is 924. The van der Waals surface area contributed by atoms with Crippen molar-refractivity contribution in [1.82, 2.24) is 15.1 Å². The minimum absolute atomic E-state index is 0.188. The second-order valence-corrected chi connectivity index (χ2v) is 6.27. The lowest BCUT2D eigenvalue weighted by atomic mass is 10.0. The van der Waals surface area contributed by atoms with E-state index >= 15 is 0 Å². The van der Waals surface area contributed by atoms with Gasteiger partial charge in [0, 0.05) is 11.1 Å². The third-order valence-electron chi connectivity index (χ3n) is 4.23. The molecule has 3 rings (SSSR count). The predicted octanol–water partition coefficient (Wildman–Crippen LogP) is 3.31. The minimum Gasteiger partial charge on any atom is -0.496 e. The van der Waals surface area contributed by atoms with Gasteiger partial charge in [0.2, 0.25) is 11.8 Å². The highest BCUT2D eigenvalue weighted by molar-refractivity contribution is 5.76. The van der Waals surface area contributed by atoms with Crippen molar-refractivity contribution in [3.05, 3.63) is 65.5 Å². The number of likely N-dealkylation sites (N-methyl/N-ethyl adjacent to an activating group) is 1. The first-order valence-corrected chi connectivity index (χ1v) is 8.45. The van der Waals surface area contributed by atoms with E-state index in [9.17, 15) is 9.90 Å². The van der Waals surface area contributed by atoms with Gasteiger partial charge in [-0.1, -0.05) is 35.9 Å². The summed E-state index contributed by atoms with van der Waals surface area (Å²) in [5.41, 5.74) is 2.35. The van der Waals surface area contributed by atoms with Crippen molar-refractivity contribution in [1.29, 1.82) is 0 Å². The van der Waals surface area contributed by atoms with Crippen LogP contribution in [-0.4, -0.2) is 40.3 Å². The number of methoxy groups -OCH3 is 1. The average molecular weight is 367 g/mol. The topological polar surface area (TPSA) is 88.7 Å². The van der Waals surface area contributed by atoms with E-state index in [-0.39, 0.29) is 6.54 Å². The molecule has 0 fully saturated rings. The van der Waals surface area contributed by atoms with Gasteiger partial charge in [0.05, 0.1) is 13.7 Å². The summed E-state index contributed by atoms with van der Waals surface area (Å²) in [5.74, 6) is 0.285. The van der Waals surface area contributed by atoms with Crippen molar-refractivity contribution in [2.75, 3.05) is 14.2 Å². The second-order valence-electron chi connectivity index (χ2n) is 6.27. The molecule has 0 aliphatic heterocycles. The van der Waals surface area contributed by atoms with Crippen LogP contribution in [0.25, 0.3) is 11.5 Å². The van der Waals surface area contributed by atoms with Crippen molar-refractivity contribution in [3.63, 3.8) is 0 Å². The van der Waals surface area contributed by atoms with Gasteiger partial charge in [-0.05, 0) is 32.2 Å². The zero-order valence-electron chi connectivity index (χ0n) is 15.4. The summed E-state index contributed by atoms with van der Waals surface area (Å²) in [7, 11) is 3.23. The molecule has 0 aliphatic carbocycles. The Labute approximate surface area is 157 Å². The van der Waals surface area contributed by atoms with Gasteiger partial charge in [0.25, 0.3) is 0 Å². The number of hydrogen-bond donors (Lipinski definition) is 1. The molecule has 0 aliphatic rings. The zero-order chi connectivity index (χ0) is 19.4. The SMILES string of the molecule is COc1ccc(C)cc1[C@@H](C(=O)O)N(C)Cc1nnc(-c2ccccc2)o1. The number of aryl methyl sites for hydroxylation is 1. The number of hydrogen-bond acceptors (Lipinski definition) is 6. The molecule has 3 aromatic rings. The molecule has 1 N–H and O–H groups in total. The van der Waals surface area contributed by atoms with E-state index < -0.39 is 12.0 Å². The second kappa shape index (κ2) is 8.01. The van der Waals surface area contributed by atoms with Crippen LogP contribution in [0, 0.1) is 6.92 Å². The van der Waals surface area contributed by atoms with E-state index in [1.165, 1.54) is 7.11 Å². The van der Waals surface area contributed by atoms with E-state index in [2.05, 4.69) is 10.2 Å². The van der Waals surface area contributed by atoms with Crippen LogP contribution in [-0.2, 0) is 11.3 Å². The molecular weight excluding hydrogens is 346 g/mol. The van der Waals surface area contributed by atoms with Crippen LogP contribution in [0.5, 0.6) is 5.75 Å². The summed E-state index contributed by atoms with van der Waals surface area (Å²) in [4.78, 5) is 13.6. The first kappa shape index (κ1) is 18.6. The van der Waals surface area contributed by atoms with Crippen molar-refractivity contribution >= 4 is 5.97 Å². The molecular formula is C20H21N3O4. The first-order chi connectivity index (χ1) is 13.0. The molecule has 27 heavy (non-hydrogen) atoms. The Morgan fingerprint density at radius 1 is 1.22 bits per heavy atom. The van der Waals surface area contributed by atoms with E-state index in [0.717, 1.165) is 11.1 Å². The summed E-state index contributed by atoms with van der Waals surface area (Å²) in [6.07, 6.45) is 0. The van der Waals surface area contributed by atoms with Crippen LogP contribution in [0.3, 0.4) is 0 Å². The Morgan fingerprint density at radius 2 is 1.96 bits per heavy atom. The van der Waals surface area contributed by atoms with Crippen LogP contribution >= 0.6 is 0 Å². The molecule has 0 saturated carbocycles. The molecule has 1 atom stereocenters. The van der Waals surface area contributed by atoms with Crippen molar-refractivity contribution in [2.24, 2.45) is 0 Å². The van der Waals surface area contributed by atoms with E-state index in [4.69, 9.17) is 9.15 Å². The van der Waals surface area contributed by atoms with Crippen LogP contribution in [0.2, 0.25) is 0 Å². The van der Waals surface area contributed by atoms with E-state index in [1.807, 2.05) is 49.4 Å². The summed E-state index contributed by atoms with van der Waals surface area (Å²) < 4.78 is 11.1. The molecule has 0 radical (unpaired) electrons. The summed E-state index contributed by atoms with van der Waals surface area (Å²) in [6.45, 7) is 2.10. The standard InChI is InChI=1S/C20H21N3O4/c1-13-9-10-16(26-3)15(11-13)18(20(24)25)23(2)12-17-21-22-19(27-17)14-7-5-4-6-8-14/h4-11,18H,12H2,1-3H3,(H,24,25)/t18-/m0/s1. The summed E-state index contributed by atoms with van der Waals surface area (Å²) >= 11 is 0. The maximum absolute atomic E-state index is 12.0. The van der Waals surface area contributed by atoms with E-state index in [0.29, 0.717) is 23.1 Å². The van der Waals surface area contributed by atoms with E-state index in [1.54, 1.807) is 18.0 Å². The van der Waals surface area contributed by atoms with Crippen molar-refractivity contribution < 1.29 is 19.1 Å². The molecule has 1 heterocycles. The smallest absolute Gasteiger partial charge is 0.325 e. The summed E-state index contributed by atoms with van der Waals surface area (Å²) in [5, 5.41) is 17.9. The zero-order valence-corrected chi connectivity index (χ0v) is 15.4. The van der Waals surface area contributed by atoms with Crippen molar-refractivity contribution in [3.8, 4) is 17.2 Å². The average Bonchev–Trinajstić information content (AvgIpc) is 3.11. The van der Waals surface area contributed by atoms with Gasteiger partial charge in [0.15, 0.2) is 0 Å². The predicted molar refractivity (Wildman–Crippen MR) is 99.3 cm³/mol. The van der Waals surface area contributed by atoms with Gasteiger partial charge < -0.3 is 14.3 Å². The number of ether oxygens (including phenoxy) is 1. The highest BCUT2D eigenvalue weighted by Crippen LogP contribution is 2.31. The largest absolute Gasteiger partial charge is 0.496 e. The lowest BCUT2D eigenvalue weighted by molar-refractivity contribution is -0.143. The van der Waals surface area contributed by atoms with Gasteiger partial charge in [-0.2, -0.15) is 0 Å². The van der Waals surface area contributed by atoms with Gasteiger partial charge >= 0.3 is 5.97 Å². The van der Waals surface area contributed by atoms with Crippen molar-refractivity contribution in [2.45, 2.75) is 19.5 Å². The number of carboxylic acids is 1. The number of nitrogens with zero attached hydrogens (tertiary/aromatic N) is 3. The lowest BCUT2D eigenvalue weighted by Crippen LogP contribution is -2.31. The Kier molecular flexibility index (Phi) is 5.52. The number of aliphatic carboxylic acids is 1. The van der Waals surface area contributed by atoms with Crippen LogP contribution in [0.4, 0.5) is 0 Å². The van der Waals surface area contributed by atoms with Gasteiger partial charge in [-0.3, -0.25) is 9.69 Å². The van der Waals surface area contributed by atoms with Crippen LogP contribution in [0.1, 0.15) is 23.1 Å². The maximum atomic E-state index is 12.0. The van der Waals surface area contributed by atoms with Gasteiger partial charge in [-0.25, -0.2) is 0 Å². The molecule has 1 aromatic heterocycles. The molecule has 7 nitrogen and oxygen atoms in total. The maximum Gasteiger partial charge on any atom is 0.325 e. The summed E-state index contributed by atoms with van der Waals surface area (Å²) in [6, 6.07) is 14.0. The molecule has 140 valence electrons. The molecule has 7 heteroatoms. The highest BCUT2D eigenvalue weighted by atomic mass is 16.5. The molecule has 0 spiro atoms. The Hall–Kier alpha value is -3.19. The molecule has 0 unspecified atom stereocenters. The molecule has 0 saturated heterocycles. The molecule has 0 bridgehead atoms. The minimum atomic E-state index is -0.982. The Morgan fingerprint density at radius 3 is 2.63 bits per heavy atom.